The van der Waals surface area contributed by atoms with Gasteiger partial charge in [-0.05, 0) is 36.5 Å². The molecule has 140 valence electrons. The van der Waals surface area contributed by atoms with Gasteiger partial charge in [0.2, 0.25) is 0 Å². The lowest BCUT2D eigenvalue weighted by atomic mass is 10.1. The van der Waals surface area contributed by atoms with Gasteiger partial charge in [-0.25, -0.2) is 9.78 Å². The molecule has 7 nitrogen and oxygen atoms in total. The van der Waals surface area contributed by atoms with E-state index in [1.807, 2.05) is 18.2 Å². The van der Waals surface area contributed by atoms with Gasteiger partial charge in [-0.15, -0.1) is 0 Å². The number of nitrogens with zero attached hydrogens (tertiary/aromatic N) is 4. The fraction of sp³-hybridized carbons (Fsp3) is 0.350. The molecule has 0 radical (unpaired) electrons. The Morgan fingerprint density at radius 3 is 2.78 bits per heavy atom. The summed E-state index contributed by atoms with van der Waals surface area (Å²) < 4.78 is 1.64. The average Bonchev–Trinajstić information content (AvgIpc) is 3.37. The van der Waals surface area contributed by atoms with Gasteiger partial charge in [0, 0.05) is 28.9 Å². The van der Waals surface area contributed by atoms with Crippen LogP contribution in [0.5, 0.6) is 0 Å². The van der Waals surface area contributed by atoms with Crippen LogP contribution in [0.4, 0.5) is 16.3 Å². The third-order valence-corrected chi connectivity index (χ3v) is 4.92. The molecule has 1 aromatic carbocycles. The zero-order valence-corrected chi connectivity index (χ0v) is 15.5. The van der Waals surface area contributed by atoms with Crippen LogP contribution in [-0.2, 0) is 6.54 Å². The Hall–Kier alpha value is -3.09. The second-order valence-corrected chi connectivity index (χ2v) is 7.42. The van der Waals surface area contributed by atoms with E-state index >= 15 is 0 Å². The number of aromatic nitrogens is 3. The van der Waals surface area contributed by atoms with Gasteiger partial charge >= 0.3 is 6.09 Å². The van der Waals surface area contributed by atoms with Gasteiger partial charge in [0.25, 0.3) is 0 Å². The summed E-state index contributed by atoms with van der Waals surface area (Å²) in [7, 11) is 0. The van der Waals surface area contributed by atoms with Crippen LogP contribution in [0.2, 0.25) is 0 Å². The first-order chi connectivity index (χ1) is 12.9. The molecule has 0 saturated heterocycles. The number of hydrogen-bond donors (Lipinski definition) is 2. The summed E-state index contributed by atoms with van der Waals surface area (Å²) in [5.41, 5.74) is 9.99. The SMILES string of the molecule is CC(C)c1cnn2c(N(Cc3cccc(N)c3)C(=O)O)cc(C3CC3)nc12. The zero-order chi connectivity index (χ0) is 19.1. The highest BCUT2D eigenvalue weighted by atomic mass is 16.4. The first-order valence-corrected chi connectivity index (χ1v) is 9.17. The third kappa shape index (κ3) is 3.32. The van der Waals surface area contributed by atoms with E-state index in [1.54, 1.807) is 22.8 Å². The van der Waals surface area contributed by atoms with Crippen molar-refractivity contribution in [2.75, 3.05) is 10.6 Å². The molecule has 0 unspecified atom stereocenters. The number of nitrogens with two attached hydrogens (primary N) is 1. The Balaban J connectivity index is 1.84. The summed E-state index contributed by atoms with van der Waals surface area (Å²) in [5, 5.41) is 14.4. The van der Waals surface area contributed by atoms with E-state index < -0.39 is 6.09 Å². The van der Waals surface area contributed by atoms with Crippen molar-refractivity contribution in [2.24, 2.45) is 0 Å². The van der Waals surface area contributed by atoms with Crippen LogP contribution in [0.25, 0.3) is 5.65 Å². The van der Waals surface area contributed by atoms with Crippen molar-refractivity contribution in [1.82, 2.24) is 14.6 Å². The lowest BCUT2D eigenvalue weighted by molar-refractivity contribution is 0.201. The van der Waals surface area contributed by atoms with Crippen molar-refractivity contribution in [3.8, 4) is 0 Å². The van der Waals surface area contributed by atoms with Gasteiger partial charge in [0.15, 0.2) is 5.65 Å². The maximum atomic E-state index is 12.1. The Bertz CT molecular complexity index is 1010. The molecule has 4 rings (SSSR count). The Labute approximate surface area is 157 Å². The number of rotatable bonds is 5. The lowest BCUT2D eigenvalue weighted by Gasteiger charge is -2.21. The minimum Gasteiger partial charge on any atom is -0.465 e. The number of hydrogen-bond acceptors (Lipinski definition) is 4. The van der Waals surface area contributed by atoms with Crippen molar-refractivity contribution in [2.45, 2.75) is 45.1 Å². The van der Waals surface area contributed by atoms with Gasteiger partial charge in [0.05, 0.1) is 12.7 Å². The van der Waals surface area contributed by atoms with Crippen molar-refractivity contribution < 1.29 is 9.90 Å². The zero-order valence-electron chi connectivity index (χ0n) is 15.5. The summed E-state index contributed by atoms with van der Waals surface area (Å²) in [6.07, 6.45) is 2.94. The topological polar surface area (TPSA) is 96.8 Å². The number of carbonyl (C=O) groups is 1. The predicted molar refractivity (Wildman–Crippen MR) is 104 cm³/mol. The second-order valence-electron chi connectivity index (χ2n) is 7.42. The average molecular weight is 365 g/mol. The summed E-state index contributed by atoms with van der Waals surface area (Å²) >= 11 is 0. The second kappa shape index (κ2) is 6.57. The Kier molecular flexibility index (Phi) is 4.22. The number of anilines is 2. The van der Waals surface area contributed by atoms with Crippen LogP contribution >= 0.6 is 0 Å². The lowest BCUT2D eigenvalue weighted by Crippen LogP contribution is -2.31. The predicted octanol–water partition coefficient (Wildman–Crippen LogP) is 4.00. The molecule has 0 bridgehead atoms. The highest BCUT2D eigenvalue weighted by Crippen LogP contribution is 2.41. The fourth-order valence-electron chi connectivity index (χ4n) is 3.29. The number of nitrogen functional groups attached to an aromatic ring is 1. The number of carboxylic acid groups (broad SMARTS) is 1. The Morgan fingerprint density at radius 2 is 2.15 bits per heavy atom. The molecular weight excluding hydrogens is 342 g/mol. The maximum absolute atomic E-state index is 12.1. The molecule has 2 aromatic heterocycles. The monoisotopic (exact) mass is 365 g/mol. The van der Waals surface area contributed by atoms with Crippen molar-refractivity contribution >= 4 is 23.2 Å². The molecule has 1 amide bonds. The molecule has 3 aromatic rings. The summed E-state index contributed by atoms with van der Waals surface area (Å²) in [6, 6.07) is 9.14. The van der Waals surface area contributed by atoms with E-state index in [4.69, 9.17) is 10.7 Å². The van der Waals surface area contributed by atoms with Crippen LogP contribution in [0.15, 0.2) is 36.5 Å². The van der Waals surface area contributed by atoms with Gasteiger partial charge in [-0.1, -0.05) is 26.0 Å². The molecule has 1 aliphatic carbocycles. The van der Waals surface area contributed by atoms with E-state index in [0.29, 0.717) is 17.4 Å². The molecule has 27 heavy (non-hydrogen) atoms. The quantitative estimate of drug-likeness (QED) is 0.666. The standard InChI is InChI=1S/C20H23N5O2/c1-12(2)16-10-22-25-18(9-17(14-6-7-14)23-19(16)25)24(20(26)27)11-13-4-3-5-15(21)8-13/h3-5,8-10,12,14H,6-7,11,21H2,1-2H3,(H,26,27). The largest absolute Gasteiger partial charge is 0.465 e. The summed E-state index contributed by atoms with van der Waals surface area (Å²) in [4.78, 5) is 18.2. The molecule has 1 saturated carbocycles. The van der Waals surface area contributed by atoms with E-state index in [0.717, 1.165) is 35.3 Å². The highest BCUT2D eigenvalue weighted by Gasteiger charge is 2.29. The van der Waals surface area contributed by atoms with E-state index in [9.17, 15) is 9.90 Å². The van der Waals surface area contributed by atoms with Crippen LogP contribution in [-0.4, -0.2) is 25.8 Å². The van der Waals surface area contributed by atoms with E-state index in [2.05, 4.69) is 18.9 Å². The van der Waals surface area contributed by atoms with Gasteiger partial charge in [0.1, 0.15) is 5.82 Å². The summed E-state index contributed by atoms with van der Waals surface area (Å²) in [5.74, 6) is 1.18. The maximum Gasteiger partial charge on any atom is 0.413 e. The fourth-order valence-corrected chi connectivity index (χ4v) is 3.29. The van der Waals surface area contributed by atoms with Crippen LogP contribution in [0.3, 0.4) is 0 Å². The van der Waals surface area contributed by atoms with Gasteiger partial charge in [-0.2, -0.15) is 9.61 Å². The smallest absolute Gasteiger partial charge is 0.413 e. The van der Waals surface area contributed by atoms with Crippen LogP contribution < -0.4 is 10.6 Å². The Morgan fingerprint density at radius 1 is 1.37 bits per heavy atom. The molecule has 3 N–H and O–H groups in total. The van der Waals surface area contributed by atoms with E-state index in [-0.39, 0.29) is 12.5 Å². The van der Waals surface area contributed by atoms with Crippen molar-refractivity contribution in [3.63, 3.8) is 0 Å². The number of benzene rings is 1. The van der Waals surface area contributed by atoms with Gasteiger partial charge in [-0.3, -0.25) is 4.90 Å². The van der Waals surface area contributed by atoms with Crippen molar-refractivity contribution in [3.05, 3.63) is 53.3 Å². The molecule has 0 atom stereocenters. The van der Waals surface area contributed by atoms with Crippen LogP contribution in [0, 0.1) is 0 Å². The first-order valence-electron chi connectivity index (χ1n) is 9.17. The van der Waals surface area contributed by atoms with Crippen molar-refractivity contribution in [1.29, 1.82) is 0 Å². The molecule has 2 heterocycles. The molecule has 7 heteroatoms. The summed E-state index contributed by atoms with van der Waals surface area (Å²) in [6.45, 7) is 4.37. The first kappa shape index (κ1) is 17.3. The molecule has 0 spiro atoms. The number of amides is 1. The molecule has 0 aliphatic heterocycles. The number of fused-ring (bicyclic) bond motifs is 1. The minimum atomic E-state index is -1.03. The molecule has 1 aliphatic rings. The molecule has 1 fully saturated rings. The van der Waals surface area contributed by atoms with Crippen LogP contribution in [0.1, 0.15) is 55.3 Å². The van der Waals surface area contributed by atoms with Gasteiger partial charge < -0.3 is 10.8 Å². The molecular formula is C20H23N5O2. The third-order valence-electron chi connectivity index (χ3n) is 4.92. The highest BCUT2D eigenvalue weighted by molar-refractivity contribution is 5.85. The normalized spacial score (nSPS) is 14.0. The van der Waals surface area contributed by atoms with E-state index in [1.165, 1.54) is 4.90 Å². The minimum absolute atomic E-state index is 0.195.